The van der Waals surface area contributed by atoms with Gasteiger partial charge in [0.2, 0.25) is 5.91 Å². The van der Waals surface area contributed by atoms with Crippen LogP contribution in [0.2, 0.25) is 0 Å². The van der Waals surface area contributed by atoms with E-state index in [0.717, 1.165) is 13.1 Å². The quantitative estimate of drug-likeness (QED) is 0.882. The lowest BCUT2D eigenvalue weighted by molar-refractivity contribution is -0.129. The van der Waals surface area contributed by atoms with E-state index in [4.69, 9.17) is 0 Å². The van der Waals surface area contributed by atoms with Gasteiger partial charge >= 0.3 is 0 Å². The lowest BCUT2D eigenvalue weighted by Gasteiger charge is -2.20. The number of carbonyl (C=O) groups is 1. The van der Waals surface area contributed by atoms with Crippen molar-refractivity contribution in [3.05, 3.63) is 34.7 Å². The zero-order valence-electron chi connectivity index (χ0n) is 13.3. The second kappa shape index (κ2) is 7.05. The Hall–Kier alpha value is -1.39. The lowest BCUT2D eigenvalue weighted by Crippen LogP contribution is -2.38. The van der Waals surface area contributed by atoms with Crippen LogP contribution >= 0.6 is 11.3 Å². The molecule has 1 unspecified atom stereocenters. The van der Waals surface area contributed by atoms with Gasteiger partial charge < -0.3 is 10.2 Å². The summed E-state index contributed by atoms with van der Waals surface area (Å²) in [5, 5.41) is 4.69. The molecule has 0 fully saturated rings. The smallest absolute Gasteiger partial charge is 0.236 e. The van der Waals surface area contributed by atoms with Crippen LogP contribution in [-0.2, 0) is 4.79 Å². The summed E-state index contributed by atoms with van der Waals surface area (Å²) in [6.07, 6.45) is 0. The third kappa shape index (κ3) is 3.44. The molecule has 3 nitrogen and oxygen atoms in total. The van der Waals surface area contributed by atoms with Crippen LogP contribution in [-0.4, -0.2) is 30.4 Å². The van der Waals surface area contributed by atoms with E-state index in [-0.39, 0.29) is 11.9 Å². The Balaban J connectivity index is 2.07. The number of aryl methyl sites for hydroxylation is 1. The largest absolute Gasteiger partial charge is 0.342 e. The molecule has 114 valence electrons. The van der Waals surface area contributed by atoms with Gasteiger partial charge in [0.15, 0.2) is 0 Å². The van der Waals surface area contributed by atoms with Gasteiger partial charge in [0.05, 0.1) is 6.54 Å². The zero-order chi connectivity index (χ0) is 15.4. The second-order valence-electron chi connectivity index (χ2n) is 5.26. The van der Waals surface area contributed by atoms with E-state index in [1.807, 2.05) is 30.1 Å². The van der Waals surface area contributed by atoms with E-state index < -0.39 is 0 Å². The first-order valence-electron chi connectivity index (χ1n) is 7.57. The number of nitrogens with one attached hydrogen (secondary N) is 1. The standard InChI is InChI=1S/C17H24N2OS/c1-5-19(6-2)16(20)11-18-13(4)17-12(3)14-9-7-8-10-15(14)21-17/h7-10,13,18H,5-6,11H2,1-4H3. The molecule has 2 aromatic rings. The zero-order valence-corrected chi connectivity index (χ0v) is 14.1. The highest BCUT2D eigenvalue weighted by atomic mass is 32.1. The minimum absolute atomic E-state index is 0.172. The van der Waals surface area contributed by atoms with Crippen molar-refractivity contribution in [3.8, 4) is 0 Å². The van der Waals surface area contributed by atoms with Crippen molar-refractivity contribution in [3.63, 3.8) is 0 Å². The van der Waals surface area contributed by atoms with Crippen LogP contribution in [0.1, 0.15) is 37.3 Å². The average Bonchev–Trinajstić information content (AvgIpc) is 2.84. The monoisotopic (exact) mass is 304 g/mol. The topological polar surface area (TPSA) is 32.3 Å². The first-order chi connectivity index (χ1) is 10.1. The number of rotatable bonds is 6. The molecule has 0 spiro atoms. The van der Waals surface area contributed by atoms with Crippen LogP contribution in [0.5, 0.6) is 0 Å². The first-order valence-corrected chi connectivity index (χ1v) is 8.39. The van der Waals surface area contributed by atoms with E-state index >= 15 is 0 Å². The summed E-state index contributed by atoms with van der Waals surface area (Å²) in [5.74, 6) is 0.172. The van der Waals surface area contributed by atoms with Gasteiger partial charge in [0.25, 0.3) is 0 Å². The Morgan fingerprint density at radius 3 is 2.57 bits per heavy atom. The van der Waals surface area contributed by atoms with E-state index in [0.29, 0.717) is 6.54 Å². The number of fused-ring (bicyclic) bond motifs is 1. The summed E-state index contributed by atoms with van der Waals surface area (Å²) in [7, 11) is 0. The summed E-state index contributed by atoms with van der Waals surface area (Å²) in [4.78, 5) is 15.2. The van der Waals surface area contributed by atoms with Crippen molar-refractivity contribution in [2.75, 3.05) is 19.6 Å². The van der Waals surface area contributed by atoms with Crippen molar-refractivity contribution in [2.24, 2.45) is 0 Å². The fourth-order valence-electron chi connectivity index (χ4n) is 2.63. The highest BCUT2D eigenvalue weighted by molar-refractivity contribution is 7.19. The second-order valence-corrected chi connectivity index (χ2v) is 6.34. The number of carbonyl (C=O) groups excluding carboxylic acids is 1. The Morgan fingerprint density at radius 2 is 1.95 bits per heavy atom. The van der Waals surface area contributed by atoms with E-state index in [1.54, 1.807) is 0 Å². The molecule has 2 rings (SSSR count). The molecule has 1 aromatic heterocycles. The van der Waals surface area contributed by atoms with Crippen LogP contribution in [0.25, 0.3) is 10.1 Å². The Bertz CT molecular complexity index is 616. The summed E-state index contributed by atoms with van der Waals surface area (Å²) in [6.45, 7) is 10.3. The van der Waals surface area contributed by atoms with Crippen molar-refractivity contribution in [2.45, 2.75) is 33.7 Å². The number of benzene rings is 1. The molecule has 1 atom stereocenters. The molecule has 0 bridgehead atoms. The number of hydrogen-bond acceptors (Lipinski definition) is 3. The maximum atomic E-state index is 12.1. The predicted octanol–water partition coefficient (Wildman–Crippen LogP) is 3.73. The molecular formula is C17H24N2OS. The minimum atomic E-state index is 0.172. The SMILES string of the molecule is CCN(CC)C(=O)CNC(C)c1sc2ccccc2c1C. The Kier molecular flexibility index (Phi) is 5.37. The number of hydrogen-bond donors (Lipinski definition) is 1. The van der Waals surface area contributed by atoms with Gasteiger partial charge in [-0.05, 0) is 44.7 Å². The fourth-order valence-corrected chi connectivity index (χ4v) is 3.87. The molecular weight excluding hydrogens is 280 g/mol. The molecule has 0 saturated carbocycles. The third-order valence-corrected chi connectivity index (χ3v) is 5.41. The highest BCUT2D eigenvalue weighted by Crippen LogP contribution is 2.34. The molecule has 0 aliphatic carbocycles. The van der Waals surface area contributed by atoms with Gasteiger partial charge in [-0.2, -0.15) is 0 Å². The average molecular weight is 304 g/mol. The number of thiophene rings is 1. The summed E-state index contributed by atoms with van der Waals surface area (Å²) in [6, 6.07) is 8.67. The van der Waals surface area contributed by atoms with E-state index in [1.165, 1.54) is 20.5 Å². The van der Waals surface area contributed by atoms with Crippen LogP contribution in [0.3, 0.4) is 0 Å². The van der Waals surface area contributed by atoms with E-state index in [2.05, 4.69) is 43.4 Å². The lowest BCUT2D eigenvalue weighted by atomic mass is 10.1. The summed E-state index contributed by atoms with van der Waals surface area (Å²) >= 11 is 1.82. The molecule has 0 aliphatic heterocycles. The number of nitrogens with zero attached hydrogens (tertiary/aromatic N) is 1. The summed E-state index contributed by atoms with van der Waals surface area (Å²) < 4.78 is 1.31. The molecule has 1 N–H and O–H groups in total. The van der Waals surface area contributed by atoms with Crippen LogP contribution in [0.15, 0.2) is 24.3 Å². The van der Waals surface area contributed by atoms with Crippen molar-refractivity contribution in [1.82, 2.24) is 10.2 Å². The number of likely N-dealkylation sites (N-methyl/N-ethyl adjacent to an activating group) is 1. The van der Waals surface area contributed by atoms with Gasteiger partial charge in [-0.25, -0.2) is 0 Å². The minimum Gasteiger partial charge on any atom is -0.342 e. The molecule has 21 heavy (non-hydrogen) atoms. The summed E-state index contributed by atoms with van der Waals surface area (Å²) in [5.41, 5.74) is 1.32. The predicted molar refractivity (Wildman–Crippen MR) is 90.9 cm³/mol. The number of amides is 1. The Morgan fingerprint density at radius 1 is 1.29 bits per heavy atom. The molecule has 1 amide bonds. The van der Waals surface area contributed by atoms with Crippen LogP contribution < -0.4 is 5.32 Å². The molecule has 0 radical (unpaired) electrons. The van der Waals surface area contributed by atoms with Crippen molar-refractivity contribution >= 4 is 27.3 Å². The Labute approximate surface area is 131 Å². The molecule has 1 aromatic carbocycles. The van der Waals surface area contributed by atoms with Gasteiger partial charge in [-0.3, -0.25) is 4.79 Å². The molecule has 1 heterocycles. The van der Waals surface area contributed by atoms with Crippen LogP contribution in [0.4, 0.5) is 0 Å². The van der Waals surface area contributed by atoms with Gasteiger partial charge in [-0.15, -0.1) is 11.3 Å². The first kappa shape index (κ1) is 16.0. The van der Waals surface area contributed by atoms with Crippen LogP contribution in [0, 0.1) is 6.92 Å². The van der Waals surface area contributed by atoms with Gasteiger partial charge in [0, 0.05) is 28.7 Å². The fraction of sp³-hybridized carbons (Fsp3) is 0.471. The maximum absolute atomic E-state index is 12.1. The van der Waals surface area contributed by atoms with Crippen molar-refractivity contribution in [1.29, 1.82) is 0 Å². The molecule has 4 heteroatoms. The van der Waals surface area contributed by atoms with E-state index in [9.17, 15) is 4.79 Å². The molecule has 0 saturated heterocycles. The van der Waals surface area contributed by atoms with Gasteiger partial charge in [-0.1, -0.05) is 18.2 Å². The van der Waals surface area contributed by atoms with Crippen molar-refractivity contribution < 1.29 is 4.79 Å². The third-order valence-electron chi connectivity index (χ3n) is 3.95. The highest BCUT2D eigenvalue weighted by Gasteiger charge is 2.16. The maximum Gasteiger partial charge on any atom is 0.236 e. The van der Waals surface area contributed by atoms with Gasteiger partial charge in [0.1, 0.15) is 0 Å². The molecule has 0 aliphatic rings. The normalized spacial score (nSPS) is 12.6.